The van der Waals surface area contributed by atoms with Crippen LogP contribution in [0.4, 0.5) is 0 Å². The van der Waals surface area contributed by atoms with Crippen molar-refractivity contribution in [3.63, 3.8) is 0 Å². The van der Waals surface area contributed by atoms with Crippen molar-refractivity contribution in [2.75, 3.05) is 5.75 Å². The first kappa shape index (κ1) is 22.3. The Morgan fingerprint density at radius 2 is 1.83 bits per heavy atom. The highest BCUT2D eigenvalue weighted by Crippen LogP contribution is 2.46. The topological polar surface area (TPSA) is 46.5 Å². The Morgan fingerprint density at radius 1 is 1.13 bits per heavy atom. The third kappa shape index (κ3) is 5.40. The van der Waals surface area contributed by atoms with Crippen LogP contribution in [0.3, 0.4) is 0 Å². The molecule has 0 spiro atoms. The van der Waals surface area contributed by atoms with Gasteiger partial charge in [-0.15, -0.1) is 11.8 Å². The van der Waals surface area contributed by atoms with Crippen LogP contribution in [0.1, 0.15) is 69.7 Å². The van der Waals surface area contributed by atoms with E-state index in [0.717, 1.165) is 39.5 Å². The number of ether oxygens (including phenoxy) is 1. The second-order valence-corrected chi connectivity index (χ2v) is 10.3. The summed E-state index contributed by atoms with van der Waals surface area (Å²) in [5, 5.41) is 8.83. The highest BCUT2D eigenvalue weighted by Gasteiger charge is 2.39. The Balaban J connectivity index is 1.92. The lowest BCUT2D eigenvalue weighted by Crippen LogP contribution is -2.41. The van der Waals surface area contributed by atoms with Gasteiger partial charge in [-0.05, 0) is 67.7 Å². The molecule has 30 heavy (non-hydrogen) atoms. The summed E-state index contributed by atoms with van der Waals surface area (Å²) in [6, 6.07) is 12.2. The molecule has 0 fully saturated rings. The second-order valence-electron chi connectivity index (χ2n) is 9.04. The van der Waals surface area contributed by atoms with Crippen molar-refractivity contribution >= 4 is 17.7 Å². The first-order chi connectivity index (χ1) is 14.1. The lowest BCUT2D eigenvalue weighted by Gasteiger charge is -2.42. The van der Waals surface area contributed by atoms with E-state index in [1.165, 1.54) is 5.56 Å². The van der Waals surface area contributed by atoms with Crippen LogP contribution in [0.25, 0.3) is 0 Å². The van der Waals surface area contributed by atoms with Crippen LogP contribution in [-0.2, 0) is 16.6 Å². The third-order valence-electron chi connectivity index (χ3n) is 5.29. The predicted molar refractivity (Wildman–Crippen MR) is 124 cm³/mol. The smallest absolute Gasteiger partial charge is 0.303 e. The van der Waals surface area contributed by atoms with E-state index >= 15 is 0 Å². The van der Waals surface area contributed by atoms with Gasteiger partial charge in [0.05, 0.1) is 0 Å². The van der Waals surface area contributed by atoms with Gasteiger partial charge in [-0.1, -0.05) is 44.7 Å². The highest BCUT2D eigenvalue weighted by molar-refractivity contribution is 7.99. The molecule has 1 heterocycles. The minimum absolute atomic E-state index is 0.0225. The molecular weight excluding hydrogens is 392 g/mol. The van der Waals surface area contributed by atoms with E-state index in [0.29, 0.717) is 6.42 Å². The summed E-state index contributed by atoms with van der Waals surface area (Å²) in [6.07, 6.45) is 1.64. The predicted octanol–water partition coefficient (Wildman–Crippen LogP) is 6.05. The average Bonchev–Trinajstić information content (AvgIpc) is 2.64. The number of hydrogen-bond acceptors (Lipinski definition) is 3. The van der Waals surface area contributed by atoms with Gasteiger partial charge >= 0.3 is 5.97 Å². The maximum Gasteiger partial charge on any atom is 0.303 e. The standard InChI is InChI=1S/C26H30O3S/c1-6-30-23-16-22-21(25(2,3)17-26(4,5)29-22)15-20(23)13-11-18-7-9-19(10-8-18)12-14-24(27)28/h7-10,15-16H,6,12,14,17H2,1-5H3,(H,27,28). The molecule has 0 radical (unpaired) electrons. The fourth-order valence-corrected chi connectivity index (χ4v) is 4.95. The Kier molecular flexibility index (Phi) is 6.53. The zero-order chi connectivity index (χ0) is 21.9. The van der Waals surface area contributed by atoms with Crippen LogP contribution in [0.2, 0.25) is 0 Å². The fourth-order valence-electron chi connectivity index (χ4n) is 4.19. The molecule has 0 bridgehead atoms. The molecule has 0 amide bonds. The quantitative estimate of drug-likeness (QED) is 0.470. The lowest BCUT2D eigenvalue weighted by molar-refractivity contribution is -0.136. The van der Waals surface area contributed by atoms with Crippen molar-refractivity contribution in [1.82, 2.24) is 0 Å². The molecule has 4 heteroatoms. The SMILES string of the molecule is CCSc1cc2c(cc1C#Cc1ccc(CCC(=O)O)cc1)C(C)(C)CC(C)(C)O2. The molecule has 0 saturated heterocycles. The molecule has 158 valence electrons. The van der Waals surface area contributed by atoms with Crippen molar-refractivity contribution in [2.45, 2.75) is 69.8 Å². The highest BCUT2D eigenvalue weighted by atomic mass is 32.2. The minimum Gasteiger partial charge on any atom is -0.487 e. The molecule has 0 unspecified atom stereocenters. The monoisotopic (exact) mass is 422 g/mol. The van der Waals surface area contributed by atoms with Crippen LogP contribution in [-0.4, -0.2) is 22.4 Å². The van der Waals surface area contributed by atoms with E-state index in [9.17, 15) is 4.79 Å². The van der Waals surface area contributed by atoms with Gasteiger partial charge in [-0.2, -0.15) is 0 Å². The summed E-state index contributed by atoms with van der Waals surface area (Å²) >= 11 is 1.78. The average molecular weight is 423 g/mol. The number of aliphatic carboxylic acids is 1. The number of carbonyl (C=O) groups is 1. The van der Waals surface area contributed by atoms with Crippen LogP contribution < -0.4 is 4.74 Å². The number of carboxylic acids is 1. The van der Waals surface area contributed by atoms with E-state index in [1.807, 2.05) is 24.3 Å². The summed E-state index contributed by atoms with van der Waals surface area (Å²) in [7, 11) is 0. The number of thioether (sulfide) groups is 1. The van der Waals surface area contributed by atoms with Crippen LogP contribution in [0.5, 0.6) is 5.75 Å². The Hall–Kier alpha value is -2.38. The summed E-state index contributed by atoms with van der Waals surface area (Å²) in [5.41, 5.74) is 4.04. The van der Waals surface area contributed by atoms with E-state index in [-0.39, 0.29) is 17.4 Å². The Morgan fingerprint density at radius 3 is 2.47 bits per heavy atom. The maximum absolute atomic E-state index is 10.7. The first-order valence-electron chi connectivity index (χ1n) is 10.4. The molecule has 2 aromatic carbocycles. The molecule has 0 aliphatic carbocycles. The molecule has 0 aromatic heterocycles. The zero-order valence-corrected chi connectivity index (χ0v) is 19.3. The third-order valence-corrected chi connectivity index (χ3v) is 6.23. The van der Waals surface area contributed by atoms with Gasteiger partial charge in [0.1, 0.15) is 11.4 Å². The molecular formula is C26H30O3S. The van der Waals surface area contributed by atoms with Crippen LogP contribution in [0.15, 0.2) is 41.3 Å². The Bertz CT molecular complexity index is 991. The first-order valence-corrected chi connectivity index (χ1v) is 11.4. The van der Waals surface area contributed by atoms with Gasteiger partial charge in [-0.3, -0.25) is 4.79 Å². The summed E-state index contributed by atoms with van der Waals surface area (Å²) in [6.45, 7) is 11.0. The molecule has 3 nitrogen and oxygen atoms in total. The lowest BCUT2D eigenvalue weighted by atomic mass is 9.73. The van der Waals surface area contributed by atoms with Gasteiger partial charge in [-0.25, -0.2) is 0 Å². The normalized spacial score (nSPS) is 16.0. The summed E-state index contributed by atoms with van der Waals surface area (Å²) in [5.74, 6) is 7.82. The largest absolute Gasteiger partial charge is 0.487 e. The molecule has 0 atom stereocenters. The van der Waals surface area contributed by atoms with Crippen LogP contribution in [0, 0.1) is 11.8 Å². The molecule has 1 aliphatic rings. The number of rotatable bonds is 5. The van der Waals surface area contributed by atoms with Crippen molar-refractivity contribution in [2.24, 2.45) is 0 Å². The van der Waals surface area contributed by atoms with E-state index in [1.54, 1.807) is 11.8 Å². The van der Waals surface area contributed by atoms with Crippen molar-refractivity contribution < 1.29 is 14.6 Å². The Labute approximate surface area is 184 Å². The van der Waals surface area contributed by atoms with Gasteiger partial charge in [0.25, 0.3) is 0 Å². The van der Waals surface area contributed by atoms with Gasteiger partial charge in [0.15, 0.2) is 0 Å². The van der Waals surface area contributed by atoms with E-state index < -0.39 is 5.97 Å². The number of fused-ring (bicyclic) bond motifs is 1. The number of aryl methyl sites for hydroxylation is 1. The summed E-state index contributed by atoms with van der Waals surface area (Å²) < 4.78 is 6.31. The zero-order valence-electron chi connectivity index (χ0n) is 18.5. The van der Waals surface area contributed by atoms with Crippen molar-refractivity contribution in [3.05, 3.63) is 58.7 Å². The van der Waals surface area contributed by atoms with Crippen molar-refractivity contribution in [3.8, 4) is 17.6 Å². The van der Waals surface area contributed by atoms with E-state index in [4.69, 9.17) is 9.84 Å². The number of hydrogen-bond donors (Lipinski definition) is 1. The maximum atomic E-state index is 10.7. The van der Waals surface area contributed by atoms with E-state index in [2.05, 4.69) is 58.6 Å². The molecule has 1 N–H and O–H groups in total. The molecule has 1 aliphatic heterocycles. The summed E-state index contributed by atoms with van der Waals surface area (Å²) in [4.78, 5) is 11.9. The second kappa shape index (κ2) is 8.78. The minimum atomic E-state index is -0.775. The van der Waals surface area contributed by atoms with Crippen molar-refractivity contribution in [1.29, 1.82) is 0 Å². The number of carboxylic acid groups (broad SMARTS) is 1. The van der Waals surface area contributed by atoms with Gasteiger partial charge < -0.3 is 9.84 Å². The van der Waals surface area contributed by atoms with Gasteiger partial charge in [0.2, 0.25) is 0 Å². The molecule has 0 saturated carbocycles. The van der Waals surface area contributed by atoms with Gasteiger partial charge in [0, 0.05) is 28.0 Å². The molecule has 3 rings (SSSR count). The molecule has 2 aromatic rings. The number of benzene rings is 2. The fraction of sp³-hybridized carbons (Fsp3) is 0.423. The van der Waals surface area contributed by atoms with Crippen LogP contribution >= 0.6 is 11.8 Å².